The number of aryl methyl sites for hydroxylation is 2. The van der Waals surface area contributed by atoms with Gasteiger partial charge in [0.05, 0.1) is 10.6 Å². The molecule has 3 aromatic rings. The molecule has 0 unspecified atom stereocenters. The number of hydrogen-bond donors (Lipinski definition) is 1. The first-order valence-corrected chi connectivity index (χ1v) is 14.7. The van der Waals surface area contributed by atoms with E-state index in [1.54, 1.807) is 31.2 Å². The van der Waals surface area contributed by atoms with Crippen molar-refractivity contribution in [3.05, 3.63) is 94.5 Å². The van der Waals surface area contributed by atoms with Gasteiger partial charge in [-0.3, -0.25) is 13.9 Å². The lowest BCUT2D eigenvalue weighted by atomic mass is 10.1. The minimum Gasteiger partial charge on any atom is -0.352 e. The molecule has 39 heavy (non-hydrogen) atoms. The van der Waals surface area contributed by atoms with Crippen LogP contribution in [0, 0.1) is 13.8 Å². The van der Waals surface area contributed by atoms with Gasteiger partial charge >= 0.3 is 0 Å². The summed E-state index contributed by atoms with van der Waals surface area (Å²) in [4.78, 5) is 28.5. The fraction of sp³-hybridized carbons (Fsp3) is 0.333. The highest BCUT2D eigenvalue weighted by Gasteiger charge is 2.33. The van der Waals surface area contributed by atoms with Crippen molar-refractivity contribution in [3.8, 4) is 0 Å². The van der Waals surface area contributed by atoms with Gasteiger partial charge in [0.2, 0.25) is 11.8 Å². The van der Waals surface area contributed by atoms with Gasteiger partial charge in [0, 0.05) is 17.6 Å². The first kappa shape index (κ1) is 30.2. The van der Waals surface area contributed by atoms with Crippen LogP contribution in [0.1, 0.15) is 43.9 Å². The van der Waals surface area contributed by atoms with Crippen molar-refractivity contribution in [2.45, 2.75) is 64.6 Å². The molecule has 1 N–H and O–H groups in total. The summed E-state index contributed by atoms with van der Waals surface area (Å²) in [6, 6.07) is 19.7. The van der Waals surface area contributed by atoms with Gasteiger partial charge in [-0.15, -0.1) is 0 Å². The quantitative estimate of drug-likeness (QED) is 0.331. The molecule has 0 saturated heterocycles. The van der Waals surface area contributed by atoms with Gasteiger partial charge in [0.1, 0.15) is 12.6 Å². The van der Waals surface area contributed by atoms with Gasteiger partial charge < -0.3 is 10.2 Å². The molecular weight excluding hydrogens is 534 g/mol. The molecule has 0 spiro atoms. The Hall–Kier alpha value is -3.36. The van der Waals surface area contributed by atoms with E-state index >= 15 is 0 Å². The van der Waals surface area contributed by atoms with Crippen molar-refractivity contribution in [2.75, 3.05) is 10.8 Å². The van der Waals surface area contributed by atoms with Crippen molar-refractivity contribution in [1.29, 1.82) is 0 Å². The molecule has 0 saturated carbocycles. The fourth-order valence-electron chi connectivity index (χ4n) is 3.93. The maximum atomic E-state index is 13.9. The van der Waals surface area contributed by atoms with E-state index in [0.717, 1.165) is 27.4 Å². The van der Waals surface area contributed by atoms with E-state index in [2.05, 4.69) is 5.32 Å². The molecule has 3 aromatic carbocycles. The molecule has 208 valence electrons. The molecule has 2 atom stereocenters. The molecule has 0 aliphatic rings. The predicted octanol–water partition coefficient (Wildman–Crippen LogP) is 5.48. The molecule has 0 fully saturated rings. The van der Waals surface area contributed by atoms with E-state index in [9.17, 15) is 18.0 Å². The summed E-state index contributed by atoms with van der Waals surface area (Å²) < 4.78 is 28.8. The van der Waals surface area contributed by atoms with E-state index in [1.807, 2.05) is 58.0 Å². The highest BCUT2D eigenvalue weighted by molar-refractivity contribution is 7.92. The fourth-order valence-corrected chi connectivity index (χ4v) is 5.51. The predicted molar refractivity (Wildman–Crippen MR) is 156 cm³/mol. The molecule has 0 aliphatic carbocycles. The van der Waals surface area contributed by atoms with Crippen LogP contribution >= 0.6 is 11.6 Å². The lowest BCUT2D eigenvalue weighted by molar-refractivity contribution is -0.139. The number of carbonyl (C=O) groups excluding carboxylic acids is 2. The summed E-state index contributed by atoms with van der Waals surface area (Å²) in [5, 5.41) is 3.31. The second kappa shape index (κ2) is 13.1. The second-order valence-corrected chi connectivity index (χ2v) is 12.0. The third kappa shape index (κ3) is 7.61. The minimum atomic E-state index is -4.14. The van der Waals surface area contributed by atoms with Crippen LogP contribution in [0.2, 0.25) is 5.02 Å². The Morgan fingerprint density at radius 2 is 1.59 bits per heavy atom. The Kier molecular flexibility index (Phi) is 10.2. The highest BCUT2D eigenvalue weighted by atomic mass is 35.5. The third-order valence-electron chi connectivity index (χ3n) is 6.70. The van der Waals surface area contributed by atoms with Crippen LogP contribution in [0.3, 0.4) is 0 Å². The SMILES string of the molecule is CC[C@@H](C)NC(=O)[C@@H](C)N(Cc1ccccc1)C(=O)CN(c1ccc(C)c(Cl)c1)S(=O)(=O)c1ccc(C)cc1. The van der Waals surface area contributed by atoms with Crippen LogP contribution in [-0.2, 0) is 26.2 Å². The van der Waals surface area contributed by atoms with Crippen LogP contribution in [0.4, 0.5) is 5.69 Å². The standard InChI is InChI=1S/C30H36ClN3O4S/c1-6-23(4)32-30(36)24(5)33(19-25-10-8-7-9-11-25)29(35)20-34(26-15-14-22(3)28(31)18-26)39(37,38)27-16-12-21(2)13-17-27/h7-18,23-24H,6,19-20H2,1-5H3,(H,32,36)/t23-,24-/m1/s1. The lowest BCUT2D eigenvalue weighted by Crippen LogP contribution is -2.52. The maximum absolute atomic E-state index is 13.9. The van der Waals surface area contributed by atoms with E-state index in [1.165, 1.54) is 23.1 Å². The Balaban J connectivity index is 2.04. The van der Waals surface area contributed by atoms with Crippen LogP contribution in [0.15, 0.2) is 77.7 Å². The summed E-state index contributed by atoms with van der Waals surface area (Å²) in [5.41, 5.74) is 2.77. The normalized spacial score (nSPS) is 12.9. The molecule has 7 nitrogen and oxygen atoms in total. The van der Waals surface area contributed by atoms with Crippen LogP contribution in [0.5, 0.6) is 0 Å². The zero-order chi connectivity index (χ0) is 28.7. The molecule has 9 heteroatoms. The summed E-state index contributed by atoms with van der Waals surface area (Å²) in [6.45, 7) is 8.82. The van der Waals surface area contributed by atoms with E-state index < -0.39 is 28.5 Å². The topological polar surface area (TPSA) is 86.8 Å². The number of nitrogens with one attached hydrogen (secondary N) is 1. The van der Waals surface area contributed by atoms with Gasteiger partial charge in [0.15, 0.2) is 0 Å². The third-order valence-corrected chi connectivity index (χ3v) is 8.89. The van der Waals surface area contributed by atoms with Gasteiger partial charge in [0.25, 0.3) is 10.0 Å². The van der Waals surface area contributed by atoms with E-state index in [0.29, 0.717) is 5.02 Å². The molecular formula is C30H36ClN3O4S. The van der Waals surface area contributed by atoms with Crippen molar-refractivity contribution >= 4 is 39.1 Å². The van der Waals surface area contributed by atoms with Gasteiger partial charge in [-0.25, -0.2) is 8.42 Å². The number of rotatable bonds is 11. The zero-order valence-corrected chi connectivity index (χ0v) is 24.6. The number of halogens is 1. The van der Waals surface area contributed by atoms with E-state index in [-0.39, 0.29) is 29.1 Å². The Bertz CT molecular complexity index is 1400. The molecule has 0 aliphatic heterocycles. The summed E-state index contributed by atoms with van der Waals surface area (Å²) >= 11 is 6.37. The molecule has 2 amide bonds. The summed E-state index contributed by atoms with van der Waals surface area (Å²) in [6.07, 6.45) is 0.738. The number of hydrogen-bond acceptors (Lipinski definition) is 4. The molecule has 0 heterocycles. The van der Waals surface area contributed by atoms with Crippen molar-refractivity contribution < 1.29 is 18.0 Å². The lowest BCUT2D eigenvalue weighted by Gasteiger charge is -2.32. The summed E-state index contributed by atoms with van der Waals surface area (Å²) in [5.74, 6) is -0.821. The monoisotopic (exact) mass is 569 g/mol. The number of nitrogens with zero attached hydrogens (tertiary/aromatic N) is 2. The second-order valence-electron chi connectivity index (χ2n) is 9.76. The minimum absolute atomic E-state index is 0.0507. The largest absolute Gasteiger partial charge is 0.352 e. The summed E-state index contributed by atoms with van der Waals surface area (Å²) in [7, 11) is -4.14. The van der Waals surface area contributed by atoms with Crippen LogP contribution in [0.25, 0.3) is 0 Å². The Labute approximate surface area is 236 Å². The van der Waals surface area contributed by atoms with Gasteiger partial charge in [-0.1, -0.05) is 72.6 Å². The Morgan fingerprint density at radius 3 is 2.18 bits per heavy atom. The number of anilines is 1. The van der Waals surface area contributed by atoms with Crippen LogP contribution < -0.4 is 9.62 Å². The first-order valence-electron chi connectivity index (χ1n) is 12.9. The average Bonchev–Trinajstić information content (AvgIpc) is 2.92. The van der Waals surface area contributed by atoms with Gasteiger partial charge in [-0.2, -0.15) is 0 Å². The number of carbonyl (C=O) groups is 2. The van der Waals surface area contributed by atoms with Crippen molar-refractivity contribution in [2.24, 2.45) is 0 Å². The van der Waals surface area contributed by atoms with E-state index in [4.69, 9.17) is 11.6 Å². The van der Waals surface area contributed by atoms with Crippen molar-refractivity contribution in [1.82, 2.24) is 10.2 Å². The van der Waals surface area contributed by atoms with Gasteiger partial charge in [-0.05, 0) is 69.5 Å². The molecule has 3 rings (SSSR count). The number of sulfonamides is 1. The highest BCUT2D eigenvalue weighted by Crippen LogP contribution is 2.28. The Morgan fingerprint density at radius 1 is 0.949 bits per heavy atom. The zero-order valence-electron chi connectivity index (χ0n) is 23.0. The first-order chi connectivity index (χ1) is 18.4. The molecule has 0 bridgehead atoms. The number of benzene rings is 3. The maximum Gasteiger partial charge on any atom is 0.264 e. The average molecular weight is 570 g/mol. The number of amides is 2. The smallest absolute Gasteiger partial charge is 0.264 e. The van der Waals surface area contributed by atoms with Crippen molar-refractivity contribution in [3.63, 3.8) is 0 Å². The molecule has 0 radical (unpaired) electrons. The van der Waals surface area contributed by atoms with Crippen LogP contribution in [-0.4, -0.2) is 43.8 Å². The molecule has 0 aromatic heterocycles.